The van der Waals surface area contributed by atoms with Gasteiger partial charge in [0.2, 0.25) is 5.91 Å². The van der Waals surface area contributed by atoms with Crippen LogP contribution in [0.3, 0.4) is 0 Å². The van der Waals surface area contributed by atoms with Gasteiger partial charge in [-0.25, -0.2) is 0 Å². The van der Waals surface area contributed by atoms with Gasteiger partial charge in [0.15, 0.2) is 0 Å². The van der Waals surface area contributed by atoms with Crippen molar-refractivity contribution >= 4 is 23.1 Å². The number of piperidine rings is 1. The molecule has 1 aromatic rings. The Morgan fingerprint density at radius 1 is 1.29 bits per heavy atom. The largest absolute Gasteiger partial charge is 0.393 e. The van der Waals surface area contributed by atoms with Crippen molar-refractivity contribution in [2.45, 2.75) is 40.0 Å². The second-order valence-electron chi connectivity index (χ2n) is 6.40. The fourth-order valence-electron chi connectivity index (χ4n) is 2.70. The van der Waals surface area contributed by atoms with E-state index in [2.05, 4.69) is 32.9 Å². The van der Waals surface area contributed by atoms with Crippen LogP contribution in [0.15, 0.2) is 18.2 Å². The monoisotopic (exact) mass is 304 g/mol. The number of rotatable bonds is 3. The van der Waals surface area contributed by atoms with Gasteiger partial charge in [0.25, 0.3) is 0 Å². The number of nitrogens with zero attached hydrogens (tertiary/aromatic N) is 1. The van der Waals surface area contributed by atoms with Crippen LogP contribution in [0, 0.1) is 19.3 Å². The fraction of sp³-hybridized carbons (Fsp3) is 0.529. The summed E-state index contributed by atoms with van der Waals surface area (Å²) in [6.45, 7) is 7.76. The Kier molecular flexibility index (Phi) is 4.67. The minimum atomic E-state index is -0.0907. The van der Waals surface area contributed by atoms with Crippen molar-refractivity contribution in [3.63, 3.8) is 0 Å². The van der Waals surface area contributed by atoms with Crippen LogP contribution in [0.1, 0.15) is 36.5 Å². The first-order chi connectivity index (χ1) is 9.82. The molecule has 0 radical (unpaired) electrons. The summed E-state index contributed by atoms with van der Waals surface area (Å²) < 4.78 is 0. The molecule has 1 saturated heterocycles. The Morgan fingerprint density at radius 3 is 2.43 bits per heavy atom. The van der Waals surface area contributed by atoms with Crippen LogP contribution >= 0.6 is 12.2 Å². The smallest absolute Gasteiger partial charge is 0.226 e. The van der Waals surface area contributed by atoms with Crippen molar-refractivity contribution in [2.24, 2.45) is 11.1 Å². The van der Waals surface area contributed by atoms with Crippen LogP contribution in [-0.4, -0.2) is 28.9 Å². The lowest BCUT2D eigenvalue weighted by Gasteiger charge is -2.38. The maximum absolute atomic E-state index is 12.4. The normalized spacial score (nSPS) is 17.6. The van der Waals surface area contributed by atoms with E-state index in [1.807, 2.05) is 11.0 Å². The van der Waals surface area contributed by atoms with E-state index in [4.69, 9.17) is 18.0 Å². The molecular weight excluding hydrogens is 280 g/mol. The quantitative estimate of drug-likeness (QED) is 0.874. The predicted octanol–water partition coefficient (Wildman–Crippen LogP) is 2.76. The molecule has 1 aliphatic heterocycles. The molecule has 4 heteroatoms. The number of hydrogen-bond acceptors (Lipinski definition) is 2. The number of hydrogen-bond donors (Lipinski definition) is 1. The summed E-state index contributed by atoms with van der Waals surface area (Å²) in [5.41, 5.74) is 9.30. The van der Waals surface area contributed by atoms with E-state index in [1.165, 1.54) is 11.1 Å². The number of nitrogens with two attached hydrogens (primary N) is 1. The van der Waals surface area contributed by atoms with Crippen molar-refractivity contribution in [3.05, 3.63) is 34.9 Å². The number of amides is 1. The fourth-order valence-corrected chi connectivity index (χ4v) is 2.90. The molecule has 0 saturated carbocycles. The summed E-state index contributed by atoms with van der Waals surface area (Å²) in [5.74, 6) is 0.197. The van der Waals surface area contributed by atoms with Crippen LogP contribution in [0.25, 0.3) is 0 Å². The van der Waals surface area contributed by atoms with E-state index in [-0.39, 0.29) is 11.3 Å². The molecule has 1 aromatic carbocycles. The first kappa shape index (κ1) is 16.0. The summed E-state index contributed by atoms with van der Waals surface area (Å²) in [6.07, 6.45) is 2.20. The Morgan fingerprint density at radius 2 is 1.90 bits per heavy atom. The van der Waals surface area contributed by atoms with Gasteiger partial charge >= 0.3 is 0 Å². The Bertz CT molecular complexity index is 560. The molecule has 0 aliphatic carbocycles. The van der Waals surface area contributed by atoms with Gasteiger partial charge < -0.3 is 10.6 Å². The van der Waals surface area contributed by atoms with E-state index in [9.17, 15) is 4.79 Å². The zero-order chi connectivity index (χ0) is 15.6. The number of carbonyl (C=O) groups excluding carboxylic acids is 1. The molecule has 1 aliphatic rings. The number of likely N-dealkylation sites (tertiary alicyclic amines) is 1. The number of thiocarbonyl (C=S) groups is 1. The Hall–Kier alpha value is -1.42. The van der Waals surface area contributed by atoms with Gasteiger partial charge in [-0.15, -0.1) is 0 Å². The van der Waals surface area contributed by atoms with Crippen molar-refractivity contribution in [3.8, 4) is 0 Å². The lowest BCUT2D eigenvalue weighted by atomic mass is 9.80. The molecule has 0 aromatic heterocycles. The highest BCUT2D eigenvalue weighted by molar-refractivity contribution is 7.80. The highest BCUT2D eigenvalue weighted by atomic mass is 32.1. The molecule has 2 N–H and O–H groups in total. The highest BCUT2D eigenvalue weighted by Crippen LogP contribution is 2.31. The van der Waals surface area contributed by atoms with Gasteiger partial charge in [0, 0.05) is 18.5 Å². The summed E-state index contributed by atoms with van der Waals surface area (Å²) in [6, 6.07) is 6.23. The molecule has 114 valence electrons. The second kappa shape index (κ2) is 6.14. The van der Waals surface area contributed by atoms with Gasteiger partial charge in [-0.2, -0.15) is 0 Å². The van der Waals surface area contributed by atoms with Crippen molar-refractivity contribution < 1.29 is 4.79 Å². The van der Waals surface area contributed by atoms with Gasteiger partial charge in [-0.3, -0.25) is 4.79 Å². The third-order valence-corrected chi connectivity index (χ3v) is 5.23. The van der Waals surface area contributed by atoms with Gasteiger partial charge in [0.1, 0.15) is 0 Å². The first-order valence-corrected chi connectivity index (χ1v) is 7.86. The van der Waals surface area contributed by atoms with Crippen LogP contribution in [-0.2, 0) is 11.2 Å². The first-order valence-electron chi connectivity index (χ1n) is 7.46. The number of carbonyl (C=O) groups is 1. The summed E-state index contributed by atoms with van der Waals surface area (Å²) >= 11 is 5.14. The zero-order valence-electron chi connectivity index (χ0n) is 13.1. The zero-order valence-corrected chi connectivity index (χ0v) is 13.9. The van der Waals surface area contributed by atoms with Crippen molar-refractivity contribution in [1.82, 2.24) is 4.90 Å². The van der Waals surface area contributed by atoms with Crippen molar-refractivity contribution in [1.29, 1.82) is 0 Å². The van der Waals surface area contributed by atoms with Crippen LogP contribution < -0.4 is 5.73 Å². The van der Waals surface area contributed by atoms with Crippen LogP contribution in [0.4, 0.5) is 0 Å². The SMILES string of the molecule is Cc1ccc(CC(=O)N2CCC(C)(C(N)=S)CC2)cc1C. The highest BCUT2D eigenvalue weighted by Gasteiger charge is 2.34. The molecule has 0 atom stereocenters. The second-order valence-corrected chi connectivity index (χ2v) is 6.84. The standard InChI is InChI=1S/C17H24N2OS/c1-12-4-5-14(10-13(12)2)11-15(20)19-8-6-17(3,7-9-19)16(18)21/h4-5,10H,6-9,11H2,1-3H3,(H2,18,21). The molecule has 3 nitrogen and oxygen atoms in total. The molecule has 0 unspecified atom stereocenters. The van der Waals surface area contributed by atoms with Crippen molar-refractivity contribution in [2.75, 3.05) is 13.1 Å². The Balaban J connectivity index is 1.96. The van der Waals surface area contributed by atoms with Crippen LogP contribution in [0.2, 0.25) is 0 Å². The lowest BCUT2D eigenvalue weighted by Crippen LogP contribution is -2.47. The van der Waals surface area contributed by atoms with E-state index in [1.54, 1.807) is 0 Å². The predicted molar refractivity (Wildman–Crippen MR) is 90.3 cm³/mol. The molecule has 1 amide bonds. The third-order valence-electron chi connectivity index (χ3n) is 4.74. The van der Waals surface area contributed by atoms with E-state index in [0.29, 0.717) is 11.4 Å². The minimum absolute atomic E-state index is 0.0907. The van der Waals surface area contributed by atoms with Gasteiger partial charge in [-0.05, 0) is 43.4 Å². The minimum Gasteiger partial charge on any atom is -0.393 e. The van der Waals surface area contributed by atoms with Gasteiger partial charge in [0.05, 0.1) is 11.4 Å². The molecule has 2 rings (SSSR count). The molecule has 0 bridgehead atoms. The van der Waals surface area contributed by atoms with Crippen LogP contribution in [0.5, 0.6) is 0 Å². The molecular formula is C17H24N2OS. The number of aryl methyl sites for hydroxylation is 2. The summed E-state index contributed by atoms with van der Waals surface area (Å²) in [5, 5.41) is 0. The summed E-state index contributed by atoms with van der Waals surface area (Å²) in [4.78, 5) is 14.9. The third kappa shape index (κ3) is 3.62. The molecule has 1 fully saturated rings. The lowest BCUT2D eigenvalue weighted by molar-refractivity contribution is -0.132. The van der Waals surface area contributed by atoms with E-state index in [0.717, 1.165) is 31.5 Å². The Labute approximate surface area is 132 Å². The number of benzene rings is 1. The molecule has 21 heavy (non-hydrogen) atoms. The van der Waals surface area contributed by atoms with E-state index < -0.39 is 0 Å². The maximum atomic E-state index is 12.4. The van der Waals surface area contributed by atoms with E-state index >= 15 is 0 Å². The average Bonchev–Trinajstić information content (AvgIpc) is 2.43. The topological polar surface area (TPSA) is 46.3 Å². The van der Waals surface area contributed by atoms with Gasteiger partial charge in [-0.1, -0.05) is 37.3 Å². The average molecular weight is 304 g/mol. The summed E-state index contributed by atoms with van der Waals surface area (Å²) in [7, 11) is 0. The molecule has 1 heterocycles. The molecule has 0 spiro atoms. The maximum Gasteiger partial charge on any atom is 0.226 e.